The van der Waals surface area contributed by atoms with E-state index in [9.17, 15) is 13.2 Å². The molecule has 2 rings (SSSR count). The van der Waals surface area contributed by atoms with Crippen LogP contribution < -0.4 is 4.74 Å². The van der Waals surface area contributed by atoms with Crippen LogP contribution in [0.1, 0.15) is 18.7 Å². The van der Waals surface area contributed by atoms with Gasteiger partial charge in [0.15, 0.2) is 11.2 Å². The first-order chi connectivity index (χ1) is 9.96. The van der Waals surface area contributed by atoms with Crippen LogP contribution in [0.2, 0.25) is 0 Å². The molecule has 0 aliphatic heterocycles. The van der Waals surface area contributed by atoms with E-state index < -0.39 is 12.6 Å². The highest BCUT2D eigenvalue weighted by Crippen LogP contribution is 2.25. The van der Waals surface area contributed by atoms with Crippen LogP contribution in [-0.4, -0.2) is 38.7 Å². The fourth-order valence-corrected chi connectivity index (χ4v) is 2.23. The fourth-order valence-electron chi connectivity index (χ4n) is 2.06. The van der Waals surface area contributed by atoms with Gasteiger partial charge in [0.1, 0.15) is 12.2 Å². The molecule has 0 saturated heterocycles. The number of rotatable bonds is 6. The number of nitrogens with zero attached hydrogens (tertiary/aromatic N) is 4. The summed E-state index contributed by atoms with van der Waals surface area (Å²) in [4.78, 5) is 12.4. The first kappa shape index (κ1) is 15.8. The second kappa shape index (κ2) is 6.46. The molecule has 0 aliphatic carbocycles. The number of halogens is 4. The van der Waals surface area contributed by atoms with E-state index in [0.717, 1.165) is 0 Å². The summed E-state index contributed by atoms with van der Waals surface area (Å²) in [6, 6.07) is 0. The molecule has 9 heteroatoms. The summed E-state index contributed by atoms with van der Waals surface area (Å²) in [5.74, 6) is 1.20. The summed E-state index contributed by atoms with van der Waals surface area (Å²) >= 11 is 5.72. The van der Waals surface area contributed by atoms with Crippen LogP contribution >= 0.6 is 11.6 Å². The molecule has 0 N–H and O–H groups in total. The number of aromatic nitrogens is 4. The number of hydrogen-bond acceptors (Lipinski definition) is 4. The van der Waals surface area contributed by atoms with Crippen LogP contribution in [0.25, 0.3) is 11.2 Å². The number of alkyl halides is 4. The van der Waals surface area contributed by atoms with E-state index in [2.05, 4.69) is 15.0 Å². The lowest BCUT2D eigenvalue weighted by atomic mass is 10.3. The van der Waals surface area contributed by atoms with Crippen molar-refractivity contribution < 1.29 is 17.9 Å². The molecule has 21 heavy (non-hydrogen) atoms. The molecule has 2 heterocycles. The maximum absolute atomic E-state index is 12.3. The highest BCUT2D eigenvalue weighted by atomic mass is 35.5. The number of ether oxygens (including phenoxy) is 1. The SMILES string of the molecule is COc1ncnc2c1nc(CCCl)n2CCCC(F)(F)F. The van der Waals surface area contributed by atoms with Crippen LogP contribution in [0, 0.1) is 0 Å². The third-order valence-electron chi connectivity index (χ3n) is 2.93. The Labute approximate surface area is 124 Å². The van der Waals surface area contributed by atoms with Gasteiger partial charge in [-0.1, -0.05) is 0 Å². The van der Waals surface area contributed by atoms with Crippen molar-refractivity contribution >= 4 is 22.8 Å². The van der Waals surface area contributed by atoms with Gasteiger partial charge in [0.2, 0.25) is 5.88 Å². The fraction of sp³-hybridized carbons (Fsp3) is 0.583. The summed E-state index contributed by atoms with van der Waals surface area (Å²) < 4.78 is 43.6. The molecule has 116 valence electrons. The summed E-state index contributed by atoms with van der Waals surface area (Å²) in [7, 11) is 1.45. The molecule has 0 saturated carbocycles. The van der Waals surface area contributed by atoms with Crippen LogP contribution in [0.3, 0.4) is 0 Å². The molecule has 0 fully saturated rings. The minimum absolute atomic E-state index is 0.0451. The molecule has 2 aromatic heterocycles. The van der Waals surface area contributed by atoms with Crippen molar-refractivity contribution in [2.75, 3.05) is 13.0 Å². The summed E-state index contributed by atoms with van der Waals surface area (Å²) in [5.41, 5.74) is 0.899. The number of imidazole rings is 1. The zero-order valence-electron chi connectivity index (χ0n) is 11.3. The van der Waals surface area contributed by atoms with Gasteiger partial charge in [-0.2, -0.15) is 18.2 Å². The third-order valence-corrected chi connectivity index (χ3v) is 3.12. The lowest BCUT2D eigenvalue weighted by molar-refractivity contribution is -0.135. The van der Waals surface area contributed by atoms with Crippen molar-refractivity contribution in [3.63, 3.8) is 0 Å². The topological polar surface area (TPSA) is 52.8 Å². The second-order valence-corrected chi connectivity index (χ2v) is 4.77. The Balaban J connectivity index is 2.33. The zero-order valence-corrected chi connectivity index (χ0v) is 12.1. The van der Waals surface area contributed by atoms with Crippen molar-refractivity contribution in [1.29, 1.82) is 0 Å². The molecule has 2 aromatic rings. The molecule has 0 bridgehead atoms. The summed E-state index contributed by atoms with van der Waals surface area (Å²) in [5, 5.41) is 0. The average molecular weight is 323 g/mol. The van der Waals surface area contributed by atoms with Gasteiger partial charge in [0, 0.05) is 25.3 Å². The molecule has 0 radical (unpaired) electrons. The first-order valence-corrected chi connectivity index (χ1v) is 6.86. The van der Waals surface area contributed by atoms with Crippen molar-refractivity contribution in [3.8, 4) is 5.88 Å². The highest BCUT2D eigenvalue weighted by molar-refractivity contribution is 6.17. The Kier molecular flexibility index (Phi) is 4.87. The van der Waals surface area contributed by atoms with Crippen molar-refractivity contribution in [3.05, 3.63) is 12.2 Å². The van der Waals surface area contributed by atoms with E-state index in [4.69, 9.17) is 16.3 Å². The van der Waals surface area contributed by atoms with E-state index in [1.54, 1.807) is 4.57 Å². The molecule has 0 amide bonds. The first-order valence-electron chi connectivity index (χ1n) is 6.33. The van der Waals surface area contributed by atoms with Crippen LogP contribution in [-0.2, 0) is 13.0 Å². The Morgan fingerprint density at radius 1 is 1.33 bits per heavy atom. The zero-order chi connectivity index (χ0) is 15.5. The van der Waals surface area contributed by atoms with Gasteiger partial charge < -0.3 is 9.30 Å². The van der Waals surface area contributed by atoms with E-state index in [1.807, 2.05) is 0 Å². The number of fused-ring (bicyclic) bond motifs is 1. The predicted molar refractivity (Wildman–Crippen MR) is 71.6 cm³/mol. The quantitative estimate of drug-likeness (QED) is 0.767. The smallest absolute Gasteiger partial charge is 0.389 e. The lowest BCUT2D eigenvalue weighted by Crippen LogP contribution is -2.11. The molecule has 0 aliphatic rings. The second-order valence-electron chi connectivity index (χ2n) is 4.39. The van der Waals surface area contributed by atoms with Crippen LogP contribution in [0.5, 0.6) is 5.88 Å². The number of methoxy groups -OCH3 is 1. The van der Waals surface area contributed by atoms with Gasteiger partial charge in [0.05, 0.1) is 7.11 Å². The largest absolute Gasteiger partial charge is 0.479 e. The van der Waals surface area contributed by atoms with Gasteiger partial charge >= 0.3 is 6.18 Å². The number of aryl methyl sites for hydroxylation is 2. The predicted octanol–water partition coefficient (Wildman–Crippen LogP) is 2.96. The standard InChI is InChI=1S/C12H14ClF3N4O/c1-21-11-9-10(17-7-18-11)20(8(19-9)3-5-13)6-2-4-12(14,15)16/h7H,2-6H2,1H3. The molecule has 5 nitrogen and oxygen atoms in total. The lowest BCUT2D eigenvalue weighted by Gasteiger charge is -2.09. The maximum atomic E-state index is 12.3. The molecule has 0 spiro atoms. The third kappa shape index (κ3) is 3.75. The average Bonchev–Trinajstić information content (AvgIpc) is 2.76. The molecular weight excluding hydrogens is 309 g/mol. The maximum Gasteiger partial charge on any atom is 0.389 e. The minimum Gasteiger partial charge on any atom is -0.479 e. The van der Waals surface area contributed by atoms with Crippen LogP contribution in [0.15, 0.2) is 6.33 Å². The Morgan fingerprint density at radius 3 is 2.71 bits per heavy atom. The van der Waals surface area contributed by atoms with E-state index >= 15 is 0 Å². The summed E-state index contributed by atoms with van der Waals surface area (Å²) in [6.45, 7) is 0.169. The number of hydrogen-bond donors (Lipinski definition) is 0. The van der Waals surface area contributed by atoms with Gasteiger partial charge in [-0.25, -0.2) is 9.97 Å². The summed E-state index contributed by atoms with van der Waals surface area (Å²) in [6.07, 6.45) is -3.33. The Bertz CT molecular complexity index is 614. The highest BCUT2D eigenvalue weighted by Gasteiger charge is 2.26. The van der Waals surface area contributed by atoms with E-state index in [1.165, 1.54) is 13.4 Å². The van der Waals surface area contributed by atoms with Gasteiger partial charge in [-0.05, 0) is 6.42 Å². The van der Waals surface area contributed by atoms with E-state index in [-0.39, 0.29) is 13.0 Å². The van der Waals surface area contributed by atoms with Crippen LogP contribution in [0.4, 0.5) is 13.2 Å². The van der Waals surface area contributed by atoms with Gasteiger partial charge in [-0.15, -0.1) is 11.6 Å². The Hall–Kier alpha value is -1.57. The molecular formula is C12H14ClF3N4O. The minimum atomic E-state index is -4.17. The molecule has 0 unspecified atom stereocenters. The van der Waals surface area contributed by atoms with Crippen molar-refractivity contribution in [1.82, 2.24) is 19.5 Å². The van der Waals surface area contributed by atoms with Crippen molar-refractivity contribution in [2.45, 2.75) is 32.0 Å². The van der Waals surface area contributed by atoms with Crippen molar-refractivity contribution in [2.24, 2.45) is 0 Å². The van der Waals surface area contributed by atoms with Gasteiger partial charge in [-0.3, -0.25) is 0 Å². The van der Waals surface area contributed by atoms with E-state index in [0.29, 0.717) is 35.2 Å². The Morgan fingerprint density at radius 2 is 2.10 bits per heavy atom. The molecule has 0 atom stereocenters. The van der Waals surface area contributed by atoms with Gasteiger partial charge in [0.25, 0.3) is 0 Å². The normalized spacial score (nSPS) is 12.0. The molecule has 0 aromatic carbocycles. The monoisotopic (exact) mass is 322 g/mol.